The van der Waals surface area contributed by atoms with Crippen LogP contribution in [-0.4, -0.2) is 55.9 Å². The van der Waals surface area contributed by atoms with Gasteiger partial charge in [-0.2, -0.15) is 4.31 Å². The normalized spacial score (nSPS) is 16.5. The first kappa shape index (κ1) is 18.9. The number of hydrogen-bond donors (Lipinski definition) is 0. The monoisotopic (exact) mass is 401 g/mol. The molecule has 0 saturated carbocycles. The maximum absolute atomic E-state index is 12.8. The summed E-state index contributed by atoms with van der Waals surface area (Å²) in [5.74, 6) is 1.30. The van der Waals surface area contributed by atoms with Gasteiger partial charge in [0.2, 0.25) is 15.9 Å². The van der Waals surface area contributed by atoms with Gasteiger partial charge in [0.05, 0.1) is 18.6 Å². The van der Waals surface area contributed by atoms with Gasteiger partial charge in [0.25, 0.3) is 0 Å². The maximum atomic E-state index is 12.8. The number of benzene rings is 2. The lowest BCUT2D eigenvalue weighted by molar-refractivity contribution is 0.169. The Morgan fingerprint density at radius 3 is 2.46 bits per heavy atom. The topological polar surface area (TPSA) is 75.9 Å². The molecule has 148 valence electrons. The Hall–Kier alpha value is -2.42. The van der Waals surface area contributed by atoms with Crippen molar-refractivity contribution in [1.82, 2.24) is 14.2 Å². The van der Waals surface area contributed by atoms with E-state index in [1.807, 2.05) is 25.1 Å². The molecule has 0 N–H and O–H groups in total. The Labute approximate surface area is 164 Å². The Morgan fingerprint density at radius 1 is 1.07 bits per heavy atom. The van der Waals surface area contributed by atoms with Crippen LogP contribution in [0.1, 0.15) is 11.5 Å². The lowest BCUT2D eigenvalue weighted by Gasteiger charge is -2.33. The molecule has 0 radical (unpaired) electrons. The SMILES string of the molecule is COc1ccc(S(=O)(=O)N2CCN(Cc3nc4cc(C)ccc4o3)CC2)cc1. The second kappa shape index (κ2) is 7.54. The third kappa shape index (κ3) is 3.76. The minimum Gasteiger partial charge on any atom is -0.497 e. The molecule has 2 heterocycles. The fourth-order valence-corrected chi connectivity index (χ4v) is 4.79. The standard InChI is InChI=1S/C20H23N3O4S/c1-15-3-8-19-18(13-15)21-20(27-19)14-22-9-11-23(12-10-22)28(24,25)17-6-4-16(26-2)5-7-17/h3-8,13H,9-12,14H2,1-2H3. The van der Waals surface area contributed by atoms with Crippen LogP contribution in [0.5, 0.6) is 5.75 Å². The summed E-state index contributed by atoms with van der Waals surface area (Å²) in [4.78, 5) is 7.00. The second-order valence-corrected chi connectivity index (χ2v) is 8.87. The van der Waals surface area contributed by atoms with Crippen molar-refractivity contribution in [1.29, 1.82) is 0 Å². The van der Waals surface area contributed by atoms with Crippen LogP contribution >= 0.6 is 0 Å². The van der Waals surface area contributed by atoms with Crippen molar-refractivity contribution in [2.45, 2.75) is 18.4 Å². The summed E-state index contributed by atoms with van der Waals surface area (Å²) in [5, 5.41) is 0. The molecule has 2 aromatic carbocycles. The molecule has 0 bridgehead atoms. The third-order valence-electron chi connectivity index (χ3n) is 4.97. The number of fused-ring (bicyclic) bond motifs is 1. The fourth-order valence-electron chi connectivity index (χ4n) is 3.37. The van der Waals surface area contributed by atoms with E-state index in [2.05, 4.69) is 9.88 Å². The number of oxazole rings is 1. The van der Waals surface area contributed by atoms with Gasteiger partial charge in [-0.15, -0.1) is 0 Å². The Bertz CT molecular complexity index is 1070. The zero-order chi connectivity index (χ0) is 19.7. The van der Waals surface area contributed by atoms with Crippen LogP contribution in [0.4, 0.5) is 0 Å². The Morgan fingerprint density at radius 2 is 1.79 bits per heavy atom. The van der Waals surface area contributed by atoms with Crippen molar-refractivity contribution in [3.63, 3.8) is 0 Å². The van der Waals surface area contributed by atoms with Crippen molar-refractivity contribution in [3.05, 3.63) is 53.9 Å². The molecule has 0 amide bonds. The van der Waals surface area contributed by atoms with Crippen LogP contribution < -0.4 is 4.74 Å². The molecule has 0 unspecified atom stereocenters. The number of hydrogen-bond acceptors (Lipinski definition) is 6. The van der Waals surface area contributed by atoms with Crippen LogP contribution in [0.2, 0.25) is 0 Å². The van der Waals surface area contributed by atoms with Crippen LogP contribution in [0.25, 0.3) is 11.1 Å². The molecule has 0 aliphatic carbocycles. The number of rotatable bonds is 5. The molecular formula is C20H23N3O4S. The van der Waals surface area contributed by atoms with Gasteiger partial charge in [-0.3, -0.25) is 4.90 Å². The average Bonchev–Trinajstić information content (AvgIpc) is 3.09. The Balaban J connectivity index is 1.40. The lowest BCUT2D eigenvalue weighted by atomic mass is 10.2. The molecule has 1 fully saturated rings. The third-order valence-corrected chi connectivity index (χ3v) is 6.89. The predicted octanol–water partition coefficient (Wildman–Crippen LogP) is 2.65. The highest BCUT2D eigenvalue weighted by Gasteiger charge is 2.29. The van der Waals surface area contributed by atoms with E-state index in [4.69, 9.17) is 9.15 Å². The van der Waals surface area contributed by atoms with Gasteiger partial charge >= 0.3 is 0 Å². The zero-order valence-electron chi connectivity index (χ0n) is 16.0. The quantitative estimate of drug-likeness (QED) is 0.654. The summed E-state index contributed by atoms with van der Waals surface area (Å²) in [6.07, 6.45) is 0. The number of ether oxygens (including phenoxy) is 1. The molecule has 7 nitrogen and oxygen atoms in total. The minimum absolute atomic E-state index is 0.288. The summed E-state index contributed by atoms with van der Waals surface area (Å²) < 4.78 is 38.1. The average molecular weight is 401 g/mol. The maximum Gasteiger partial charge on any atom is 0.243 e. The smallest absolute Gasteiger partial charge is 0.243 e. The van der Waals surface area contributed by atoms with Crippen LogP contribution in [-0.2, 0) is 16.6 Å². The molecule has 4 rings (SSSR count). The van der Waals surface area contributed by atoms with E-state index >= 15 is 0 Å². The van der Waals surface area contributed by atoms with Gasteiger partial charge < -0.3 is 9.15 Å². The fraction of sp³-hybridized carbons (Fsp3) is 0.350. The molecule has 8 heteroatoms. The second-order valence-electron chi connectivity index (χ2n) is 6.93. The van der Waals surface area contributed by atoms with E-state index < -0.39 is 10.0 Å². The van der Waals surface area contributed by atoms with Crippen LogP contribution in [0.3, 0.4) is 0 Å². The number of sulfonamides is 1. The predicted molar refractivity (Wildman–Crippen MR) is 106 cm³/mol. The summed E-state index contributed by atoms with van der Waals surface area (Å²) in [5.41, 5.74) is 2.78. The van der Waals surface area contributed by atoms with E-state index in [0.717, 1.165) is 16.7 Å². The van der Waals surface area contributed by atoms with E-state index in [0.29, 0.717) is 44.4 Å². The van der Waals surface area contributed by atoms with E-state index in [9.17, 15) is 8.42 Å². The van der Waals surface area contributed by atoms with Crippen molar-refractivity contribution < 1.29 is 17.6 Å². The number of nitrogens with zero attached hydrogens (tertiary/aromatic N) is 3. The van der Waals surface area contributed by atoms with Crippen LogP contribution in [0, 0.1) is 6.92 Å². The molecule has 0 spiro atoms. The molecule has 1 aromatic heterocycles. The highest BCUT2D eigenvalue weighted by Crippen LogP contribution is 2.22. The summed E-state index contributed by atoms with van der Waals surface area (Å²) in [6.45, 7) is 4.74. The first-order valence-electron chi connectivity index (χ1n) is 9.18. The van der Waals surface area contributed by atoms with Gasteiger partial charge in [0.15, 0.2) is 5.58 Å². The van der Waals surface area contributed by atoms with Gasteiger partial charge in [-0.05, 0) is 48.9 Å². The lowest BCUT2D eigenvalue weighted by Crippen LogP contribution is -2.48. The zero-order valence-corrected chi connectivity index (χ0v) is 16.8. The van der Waals surface area contributed by atoms with E-state index in [-0.39, 0.29) is 4.90 Å². The van der Waals surface area contributed by atoms with Gasteiger partial charge in [-0.1, -0.05) is 6.07 Å². The molecular weight excluding hydrogens is 378 g/mol. The first-order valence-corrected chi connectivity index (χ1v) is 10.6. The molecule has 1 aliphatic rings. The molecule has 3 aromatic rings. The minimum atomic E-state index is -3.50. The first-order chi connectivity index (χ1) is 13.5. The summed E-state index contributed by atoms with van der Waals surface area (Å²) >= 11 is 0. The van der Waals surface area contributed by atoms with E-state index in [1.54, 1.807) is 31.4 Å². The van der Waals surface area contributed by atoms with Crippen LogP contribution in [0.15, 0.2) is 51.8 Å². The highest BCUT2D eigenvalue weighted by molar-refractivity contribution is 7.89. The number of aryl methyl sites for hydroxylation is 1. The van der Waals surface area contributed by atoms with E-state index in [1.165, 1.54) is 4.31 Å². The van der Waals surface area contributed by atoms with Crippen molar-refractivity contribution in [2.24, 2.45) is 0 Å². The molecule has 1 saturated heterocycles. The van der Waals surface area contributed by atoms with Gasteiger partial charge in [0.1, 0.15) is 11.3 Å². The largest absolute Gasteiger partial charge is 0.497 e. The summed E-state index contributed by atoms with van der Waals surface area (Å²) in [7, 11) is -1.94. The Kier molecular flexibility index (Phi) is 5.09. The summed E-state index contributed by atoms with van der Waals surface area (Å²) in [6, 6.07) is 12.4. The van der Waals surface area contributed by atoms with Crippen molar-refractivity contribution in [3.8, 4) is 5.75 Å². The van der Waals surface area contributed by atoms with Crippen molar-refractivity contribution >= 4 is 21.1 Å². The van der Waals surface area contributed by atoms with Crippen molar-refractivity contribution in [2.75, 3.05) is 33.3 Å². The number of aromatic nitrogens is 1. The van der Waals surface area contributed by atoms with Gasteiger partial charge in [0, 0.05) is 26.2 Å². The molecule has 28 heavy (non-hydrogen) atoms. The molecule has 0 atom stereocenters. The number of methoxy groups -OCH3 is 1. The molecule has 1 aliphatic heterocycles. The van der Waals surface area contributed by atoms with Gasteiger partial charge in [-0.25, -0.2) is 13.4 Å². The highest BCUT2D eigenvalue weighted by atomic mass is 32.2. The number of piperazine rings is 1.